The molecule has 0 aromatic rings. The Labute approximate surface area is 74.3 Å². The van der Waals surface area contributed by atoms with Crippen molar-refractivity contribution in [3.63, 3.8) is 0 Å². The van der Waals surface area contributed by atoms with E-state index in [1.165, 1.54) is 12.8 Å². The molecular weight excluding hydrogens is 152 g/mol. The monoisotopic (exact) mass is 170 g/mol. The standard InChI is InChI=1S/C10H18O2/c1-3-4-6-9(2)7-5-8-10(11)12/h5,7,9H,3-4,6,8H2,1-2H3,(H,11,12). The number of rotatable bonds is 6. The van der Waals surface area contributed by atoms with Crippen LogP contribution in [0.1, 0.15) is 39.5 Å². The number of carbonyl (C=O) groups is 1. The lowest BCUT2D eigenvalue weighted by Gasteiger charge is -2.02. The molecule has 12 heavy (non-hydrogen) atoms. The lowest BCUT2D eigenvalue weighted by molar-refractivity contribution is -0.136. The second-order valence-corrected chi connectivity index (χ2v) is 3.15. The molecule has 1 unspecified atom stereocenters. The highest BCUT2D eigenvalue weighted by Crippen LogP contribution is 2.08. The van der Waals surface area contributed by atoms with Gasteiger partial charge >= 0.3 is 5.97 Å². The number of carboxylic acid groups (broad SMARTS) is 1. The summed E-state index contributed by atoms with van der Waals surface area (Å²) in [5.74, 6) is -0.238. The molecule has 0 bridgehead atoms. The molecule has 0 saturated heterocycles. The highest BCUT2D eigenvalue weighted by atomic mass is 16.4. The molecule has 0 aliphatic heterocycles. The van der Waals surface area contributed by atoms with Crippen molar-refractivity contribution in [2.24, 2.45) is 5.92 Å². The summed E-state index contributed by atoms with van der Waals surface area (Å²) in [6.07, 6.45) is 7.46. The minimum Gasteiger partial charge on any atom is -0.481 e. The third-order valence-electron chi connectivity index (χ3n) is 1.77. The number of aliphatic carboxylic acids is 1. The van der Waals surface area contributed by atoms with Crippen LogP contribution in [-0.2, 0) is 4.79 Å². The summed E-state index contributed by atoms with van der Waals surface area (Å²) in [5, 5.41) is 8.35. The highest BCUT2D eigenvalue weighted by Gasteiger charge is 1.96. The average Bonchev–Trinajstić information content (AvgIpc) is 2.00. The molecule has 0 spiro atoms. The van der Waals surface area contributed by atoms with Crippen molar-refractivity contribution in [1.82, 2.24) is 0 Å². The molecule has 70 valence electrons. The highest BCUT2D eigenvalue weighted by molar-refractivity contribution is 5.68. The van der Waals surface area contributed by atoms with Crippen molar-refractivity contribution in [1.29, 1.82) is 0 Å². The molecule has 0 aromatic carbocycles. The van der Waals surface area contributed by atoms with Gasteiger partial charge in [0.15, 0.2) is 0 Å². The normalized spacial score (nSPS) is 13.5. The fourth-order valence-electron chi connectivity index (χ4n) is 1.02. The first kappa shape index (κ1) is 11.2. The van der Waals surface area contributed by atoms with Gasteiger partial charge in [0.1, 0.15) is 0 Å². The number of carboxylic acids is 1. The zero-order valence-electron chi connectivity index (χ0n) is 7.92. The Kier molecular flexibility index (Phi) is 6.44. The summed E-state index contributed by atoms with van der Waals surface area (Å²) in [7, 11) is 0. The van der Waals surface area contributed by atoms with Gasteiger partial charge in [0.2, 0.25) is 0 Å². The van der Waals surface area contributed by atoms with E-state index in [-0.39, 0.29) is 6.42 Å². The Morgan fingerprint density at radius 3 is 2.75 bits per heavy atom. The van der Waals surface area contributed by atoms with Gasteiger partial charge in [0.25, 0.3) is 0 Å². The first-order valence-corrected chi connectivity index (χ1v) is 4.55. The fraction of sp³-hybridized carbons (Fsp3) is 0.700. The van der Waals surface area contributed by atoms with Crippen molar-refractivity contribution in [3.8, 4) is 0 Å². The van der Waals surface area contributed by atoms with E-state index in [9.17, 15) is 4.79 Å². The van der Waals surface area contributed by atoms with Gasteiger partial charge in [-0.1, -0.05) is 38.8 Å². The maximum Gasteiger partial charge on any atom is 0.307 e. The molecule has 1 N–H and O–H groups in total. The van der Waals surface area contributed by atoms with Gasteiger partial charge in [-0.25, -0.2) is 0 Å². The Bertz CT molecular complexity index is 150. The topological polar surface area (TPSA) is 37.3 Å². The van der Waals surface area contributed by atoms with E-state index < -0.39 is 5.97 Å². The van der Waals surface area contributed by atoms with Crippen LogP contribution in [-0.4, -0.2) is 11.1 Å². The smallest absolute Gasteiger partial charge is 0.307 e. The first-order valence-electron chi connectivity index (χ1n) is 4.55. The largest absolute Gasteiger partial charge is 0.481 e. The van der Waals surface area contributed by atoms with Gasteiger partial charge < -0.3 is 5.11 Å². The van der Waals surface area contributed by atoms with Crippen molar-refractivity contribution in [2.75, 3.05) is 0 Å². The lowest BCUT2D eigenvalue weighted by atomic mass is 10.0. The van der Waals surface area contributed by atoms with E-state index in [0.717, 1.165) is 6.42 Å². The molecule has 0 amide bonds. The zero-order chi connectivity index (χ0) is 9.40. The molecule has 0 radical (unpaired) electrons. The minimum atomic E-state index is -0.756. The SMILES string of the molecule is CCCCC(C)C=CCC(=O)O. The van der Waals surface area contributed by atoms with Crippen molar-refractivity contribution in [2.45, 2.75) is 39.5 Å². The molecule has 0 aliphatic carbocycles. The third-order valence-corrected chi connectivity index (χ3v) is 1.77. The van der Waals surface area contributed by atoms with Gasteiger partial charge in [0.05, 0.1) is 6.42 Å². The molecule has 0 aliphatic rings. The van der Waals surface area contributed by atoms with Crippen molar-refractivity contribution in [3.05, 3.63) is 12.2 Å². The molecule has 0 heterocycles. The van der Waals surface area contributed by atoms with Crippen LogP contribution in [0.2, 0.25) is 0 Å². The van der Waals surface area contributed by atoms with Crippen LogP contribution in [0.25, 0.3) is 0 Å². The Hall–Kier alpha value is -0.790. The van der Waals surface area contributed by atoms with E-state index in [0.29, 0.717) is 5.92 Å². The van der Waals surface area contributed by atoms with Crippen LogP contribution in [0.15, 0.2) is 12.2 Å². The maximum atomic E-state index is 10.1. The molecule has 2 heteroatoms. The van der Waals surface area contributed by atoms with Crippen molar-refractivity contribution < 1.29 is 9.90 Å². The molecule has 2 nitrogen and oxygen atoms in total. The summed E-state index contributed by atoms with van der Waals surface area (Å²) in [6.45, 7) is 4.28. The van der Waals surface area contributed by atoms with E-state index in [1.807, 2.05) is 6.08 Å². The molecule has 0 aromatic heterocycles. The number of allylic oxidation sites excluding steroid dienone is 1. The lowest BCUT2D eigenvalue weighted by Crippen LogP contribution is -1.92. The van der Waals surface area contributed by atoms with Crippen LogP contribution >= 0.6 is 0 Å². The molecule has 1 atom stereocenters. The Balaban J connectivity index is 3.46. The summed E-state index contributed by atoms with van der Waals surface area (Å²) >= 11 is 0. The maximum absolute atomic E-state index is 10.1. The van der Waals surface area contributed by atoms with E-state index in [2.05, 4.69) is 13.8 Å². The predicted octanol–water partition coefficient (Wildman–Crippen LogP) is 2.84. The van der Waals surface area contributed by atoms with Crippen molar-refractivity contribution >= 4 is 5.97 Å². The summed E-state index contributed by atoms with van der Waals surface area (Å²) < 4.78 is 0. The van der Waals surface area contributed by atoms with E-state index >= 15 is 0 Å². The second kappa shape index (κ2) is 6.89. The quantitative estimate of drug-likeness (QED) is 0.622. The van der Waals surface area contributed by atoms with Crippen LogP contribution in [0.3, 0.4) is 0 Å². The van der Waals surface area contributed by atoms with Crippen LogP contribution in [0.5, 0.6) is 0 Å². The van der Waals surface area contributed by atoms with Crippen LogP contribution < -0.4 is 0 Å². The molecular formula is C10H18O2. The molecule has 0 fully saturated rings. The van der Waals surface area contributed by atoms with E-state index in [1.54, 1.807) is 6.08 Å². The number of unbranched alkanes of at least 4 members (excludes halogenated alkanes) is 1. The predicted molar refractivity (Wildman–Crippen MR) is 50.1 cm³/mol. The third kappa shape index (κ3) is 7.32. The summed E-state index contributed by atoms with van der Waals surface area (Å²) in [4.78, 5) is 10.1. The van der Waals surface area contributed by atoms with Gasteiger partial charge in [-0.05, 0) is 12.3 Å². The van der Waals surface area contributed by atoms with Gasteiger partial charge in [-0.2, -0.15) is 0 Å². The zero-order valence-corrected chi connectivity index (χ0v) is 7.92. The molecule has 0 rings (SSSR count). The van der Waals surface area contributed by atoms with Crippen LogP contribution in [0, 0.1) is 5.92 Å². The second-order valence-electron chi connectivity index (χ2n) is 3.15. The van der Waals surface area contributed by atoms with Gasteiger partial charge in [-0.15, -0.1) is 0 Å². The molecule has 0 saturated carbocycles. The van der Waals surface area contributed by atoms with Crippen LogP contribution in [0.4, 0.5) is 0 Å². The number of hydrogen-bond donors (Lipinski definition) is 1. The first-order chi connectivity index (χ1) is 5.66. The number of hydrogen-bond acceptors (Lipinski definition) is 1. The minimum absolute atomic E-state index is 0.149. The fourth-order valence-corrected chi connectivity index (χ4v) is 1.02. The average molecular weight is 170 g/mol. The van der Waals surface area contributed by atoms with Gasteiger partial charge in [0, 0.05) is 0 Å². The van der Waals surface area contributed by atoms with E-state index in [4.69, 9.17) is 5.11 Å². The van der Waals surface area contributed by atoms with Gasteiger partial charge in [-0.3, -0.25) is 4.79 Å². The Morgan fingerprint density at radius 1 is 1.58 bits per heavy atom. The Morgan fingerprint density at radius 2 is 2.25 bits per heavy atom. The summed E-state index contributed by atoms with van der Waals surface area (Å²) in [6, 6.07) is 0. The summed E-state index contributed by atoms with van der Waals surface area (Å²) in [5.41, 5.74) is 0.